The summed E-state index contributed by atoms with van der Waals surface area (Å²) in [6.07, 6.45) is 1.24. The average Bonchev–Trinajstić information content (AvgIpc) is 1.87. The van der Waals surface area contributed by atoms with E-state index in [4.69, 9.17) is 5.73 Å². The smallest absolute Gasteiger partial charge is 0.00571 e. The van der Waals surface area contributed by atoms with Crippen molar-refractivity contribution in [2.75, 3.05) is 11.9 Å². The van der Waals surface area contributed by atoms with Gasteiger partial charge in [-0.3, -0.25) is 0 Å². The Balaban J connectivity index is 3.22. The van der Waals surface area contributed by atoms with Crippen LogP contribution in [0.2, 0.25) is 0 Å². The Morgan fingerprint density at radius 2 is 1.89 bits per heavy atom. The number of hydrogen-bond acceptors (Lipinski definition) is 1. The summed E-state index contributed by atoms with van der Waals surface area (Å²) in [5, 5.41) is 1.09. The molecule has 0 radical (unpaired) electrons. The van der Waals surface area contributed by atoms with E-state index in [2.05, 4.69) is 29.8 Å². The summed E-state index contributed by atoms with van der Waals surface area (Å²) in [4.78, 5) is 0. The van der Waals surface area contributed by atoms with E-state index >= 15 is 0 Å². The monoisotopic (exact) mass is 193 g/mol. The molecule has 56 valence electrons. The molecule has 0 aromatic rings. The number of hydrogen-bond donors (Lipinski definition) is 1. The molecule has 0 saturated carbocycles. The van der Waals surface area contributed by atoms with Gasteiger partial charge in [0.15, 0.2) is 0 Å². The Bertz CT molecular complexity index is 57.9. The second kappa shape index (κ2) is 5.24. The molecule has 0 aliphatic rings. The lowest BCUT2D eigenvalue weighted by Crippen LogP contribution is -2.14. The third-order valence-electron chi connectivity index (χ3n) is 1.47. The fourth-order valence-electron chi connectivity index (χ4n) is 0.846. The molecule has 0 heterocycles. The van der Waals surface area contributed by atoms with Crippen LogP contribution in [0.5, 0.6) is 0 Å². The largest absolute Gasteiger partial charge is 0.330 e. The van der Waals surface area contributed by atoms with Crippen molar-refractivity contribution in [1.82, 2.24) is 0 Å². The van der Waals surface area contributed by atoms with Gasteiger partial charge in [-0.2, -0.15) is 0 Å². The van der Waals surface area contributed by atoms with Crippen LogP contribution in [0.1, 0.15) is 20.3 Å². The SMILES string of the molecule is CC(CN)CC(C)CBr. The Morgan fingerprint density at radius 1 is 1.33 bits per heavy atom. The van der Waals surface area contributed by atoms with Gasteiger partial charge in [0, 0.05) is 5.33 Å². The highest BCUT2D eigenvalue weighted by Gasteiger charge is 2.04. The number of halogens is 1. The quantitative estimate of drug-likeness (QED) is 0.680. The van der Waals surface area contributed by atoms with Gasteiger partial charge in [-0.25, -0.2) is 0 Å². The van der Waals surface area contributed by atoms with Gasteiger partial charge >= 0.3 is 0 Å². The van der Waals surface area contributed by atoms with Gasteiger partial charge in [0.05, 0.1) is 0 Å². The number of alkyl halides is 1. The highest BCUT2D eigenvalue weighted by molar-refractivity contribution is 9.09. The van der Waals surface area contributed by atoms with E-state index in [9.17, 15) is 0 Å². The summed E-state index contributed by atoms with van der Waals surface area (Å²) >= 11 is 3.43. The van der Waals surface area contributed by atoms with Crippen molar-refractivity contribution < 1.29 is 0 Å². The molecule has 2 heteroatoms. The van der Waals surface area contributed by atoms with Crippen LogP contribution < -0.4 is 5.73 Å². The minimum Gasteiger partial charge on any atom is -0.330 e. The molecule has 1 nitrogen and oxygen atoms in total. The zero-order valence-electron chi connectivity index (χ0n) is 6.23. The fraction of sp³-hybridized carbons (Fsp3) is 1.00. The van der Waals surface area contributed by atoms with Gasteiger partial charge in [0.2, 0.25) is 0 Å². The van der Waals surface area contributed by atoms with Crippen molar-refractivity contribution in [2.24, 2.45) is 17.6 Å². The highest BCUT2D eigenvalue weighted by atomic mass is 79.9. The van der Waals surface area contributed by atoms with Crippen LogP contribution in [0.15, 0.2) is 0 Å². The maximum atomic E-state index is 5.46. The Kier molecular flexibility index (Phi) is 5.50. The predicted molar refractivity (Wildman–Crippen MR) is 45.8 cm³/mol. The Hall–Kier alpha value is 0.440. The summed E-state index contributed by atoms with van der Waals surface area (Å²) in [6, 6.07) is 0. The van der Waals surface area contributed by atoms with Crippen LogP contribution >= 0.6 is 15.9 Å². The Morgan fingerprint density at radius 3 is 2.22 bits per heavy atom. The molecular formula is C7H16BrN. The lowest BCUT2D eigenvalue weighted by atomic mass is 9.99. The second-order valence-electron chi connectivity index (χ2n) is 2.84. The summed E-state index contributed by atoms with van der Waals surface area (Å²) in [7, 11) is 0. The molecule has 0 amide bonds. The van der Waals surface area contributed by atoms with Crippen LogP contribution in [0.3, 0.4) is 0 Å². The van der Waals surface area contributed by atoms with Gasteiger partial charge in [-0.1, -0.05) is 29.8 Å². The molecule has 0 saturated heterocycles. The van der Waals surface area contributed by atoms with E-state index in [1.165, 1.54) is 6.42 Å². The molecule has 2 atom stereocenters. The van der Waals surface area contributed by atoms with Crippen molar-refractivity contribution in [1.29, 1.82) is 0 Å². The van der Waals surface area contributed by atoms with Crippen molar-refractivity contribution in [3.05, 3.63) is 0 Å². The highest BCUT2D eigenvalue weighted by Crippen LogP contribution is 2.11. The first-order chi connectivity index (χ1) is 4.20. The fourth-order valence-corrected chi connectivity index (χ4v) is 1.11. The van der Waals surface area contributed by atoms with Gasteiger partial charge in [-0.05, 0) is 24.8 Å². The topological polar surface area (TPSA) is 26.0 Å². The lowest BCUT2D eigenvalue weighted by molar-refractivity contribution is 0.453. The zero-order valence-corrected chi connectivity index (χ0v) is 7.82. The minimum atomic E-state index is 0.678. The molecule has 0 spiro atoms. The van der Waals surface area contributed by atoms with E-state index in [0.717, 1.165) is 17.8 Å². The summed E-state index contributed by atoms with van der Waals surface area (Å²) in [5.41, 5.74) is 5.46. The maximum Gasteiger partial charge on any atom is 0.00571 e. The second-order valence-corrected chi connectivity index (χ2v) is 3.48. The van der Waals surface area contributed by atoms with Crippen molar-refractivity contribution in [3.63, 3.8) is 0 Å². The molecule has 0 rings (SSSR count). The van der Waals surface area contributed by atoms with E-state index < -0.39 is 0 Å². The van der Waals surface area contributed by atoms with E-state index in [1.54, 1.807) is 0 Å². The van der Waals surface area contributed by atoms with Crippen LogP contribution in [-0.4, -0.2) is 11.9 Å². The molecule has 0 fully saturated rings. The summed E-state index contributed by atoms with van der Waals surface area (Å²) in [6.45, 7) is 5.25. The van der Waals surface area contributed by atoms with Crippen molar-refractivity contribution in [3.8, 4) is 0 Å². The van der Waals surface area contributed by atoms with Gasteiger partial charge in [0.25, 0.3) is 0 Å². The normalized spacial score (nSPS) is 17.3. The Labute approximate surface area is 66.1 Å². The van der Waals surface area contributed by atoms with Gasteiger partial charge in [-0.15, -0.1) is 0 Å². The van der Waals surface area contributed by atoms with Gasteiger partial charge in [0.1, 0.15) is 0 Å². The third kappa shape index (κ3) is 4.91. The van der Waals surface area contributed by atoms with Crippen LogP contribution in [0.4, 0.5) is 0 Å². The molecule has 2 unspecified atom stereocenters. The molecule has 0 aliphatic heterocycles. The standard InChI is InChI=1S/C7H16BrN/c1-6(4-8)3-7(2)5-9/h6-7H,3-5,9H2,1-2H3. The van der Waals surface area contributed by atoms with Crippen LogP contribution in [-0.2, 0) is 0 Å². The molecule has 0 aromatic heterocycles. The molecule has 9 heavy (non-hydrogen) atoms. The van der Waals surface area contributed by atoms with E-state index in [0.29, 0.717) is 5.92 Å². The molecule has 2 N–H and O–H groups in total. The molecule has 0 aromatic carbocycles. The summed E-state index contributed by atoms with van der Waals surface area (Å²) < 4.78 is 0. The van der Waals surface area contributed by atoms with Crippen LogP contribution in [0.25, 0.3) is 0 Å². The summed E-state index contributed by atoms with van der Waals surface area (Å²) in [5.74, 6) is 1.45. The van der Waals surface area contributed by atoms with Gasteiger partial charge < -0.3 is 5.73 Å². The third-order valence-corrected chi connectivity index (χ3v) is 2.58. The lowest BCUT2D eigenvalue weighted by Gasteiger charge is -2.11. The zero-order chi connectivity index (χ0) is 7.28. The van der Waals surface area contributed by atoms with E-state index in [1.807, 2.05) is 0 Å². The number of nitrogens with two attached hydrogens (primary N) is 1. The number of rotatable bonds is 4. The first-order valence-electron chi connectivity index (χ1n) is 3.46. The van der Waals surface area contributed by atoms with E-state index in [-0.39, 0.29) is 0 Å². The molecule has 0 aliphatic carbocycles. The van der Waals surface area contributed by atoms with Crippen molar-refractivity contribution in [2.45, 2.75) is 20.3 Å². The molecule has 0 bridgehead atoms. The average molecular weight is 194 g/mol. The predicted octanol–water partition coefficient (Wildman–Crippen LogP) is 2.00. The van der Waals surface area contributed by atoms with Crippen LogP contribution in [0, 0.1) is 11.8 Å². The first-order valence-corrected chi connectivity index (χ1v) is 4.58. The first kappa shape index (κ1) is 9.44. The maximum absolute atomic E-state index is 5.46. The molecular weight excluding hydrogens is 178 g/mol. The van der Waals surface area contributed by atoms with Crippen molar-refractivity contribution >= 4 is 15.9 Å². The minimum absolute atomic E-state index is 0.678.